The van der Waals surface area contributed by atoms with Crippen LogP contribution in [0.4, 0.5) is 0 Å². The maximum Gasteiger partial charge on any atom is 0.256 e. The summed E-state index contributed by atoms with van der Waals surface area (Å²) in [5, 5.41) is 0.188. The zero-order valence-corrected chi connectivity index (χ0v) is 14.4. The number of likely N-dealkylation sites (N-methyl/N-ethyl adjacent to an activating group) is 1. The van der Waals surface area contributed by atoms with Crippen molar-refractivity contribution >= 4 is 20.1 Å². The van der Waals surface area contributed by atoms with Gasteiger partial charge in [0.05, 0.1) is 0 Å². The van der Waals surface area contributed by atoms with Crippen molar-refractivity contribution < 1.29 is 14.0 Å². The summed E-state index contributed by atoms with van der Waals surface area (Å²) in [6, 6.07) is 0. The second kappa shape index (κ2) is 4.81. The highest BCUT2D eigenvalue weighted by Gasteiger charge is 2.43. The molecule has 0 aromatic carbocycles. The summed E-state index contributed by atoms with van der Waals surface area (Å²) in [7, 11) is -0.195. The number of carbonyl (C=O) groups excluding carboxylic acids is 2. The van der Waals surface area contributed by atoms with Crippen LogP contribution in [0.2, 0.25) is 18.1 Å². The van der Waals surface area contributed by atoms with Crippen LogP contribution in [0.1, 0.15) is 33.6 Å². The number of hydrogen-bond acceptors (Lipinski definition) is 3. The molecule has 2 rings (SSSR count). The van der Waals surface area contributed by atoms with E-state index in [9.17, 15) is 9.59 Å². The maximum atomic E-state index is 11.9. The predicted octanol–water partition coefficient (Wildman–Crippen LogP) is 2.71. The number of nitrogens with zero attached hydrogens (tertiary/aromatic N) is 1. The first-order valence-electron chi connectivity index (χ1n) is 7.23. The number of carbonyl (C=O) groups is 2. The van der Waals surface area contributed by atoms with Crippen molar-refractivity contribution in [2.45, 2.75) is 51.7 Å². The SMILES string of the molecule is CN1C(=O)C2=C(CC(CO[Si](C)(C)C(C)(C)C)C2)C1=O. The molecule has 5 heteroatoms. The lowest BCUT2D eigenvalue weighted by molar-refractivity contribution is -0.136. The van der Waals surface area contributed by atoms with Crippen LogP contribution >= 0.6 is 0 Å². The van der Waals surface area contributed by atoms with Crippen LogP contribution in [0.25, 0.3) is 0 Å². The van der Waals surface area contributed by atoms with E-state index in [1.165, 1.54) is 4.90 Å². The molecular weight excluding hydrogens is 270 g/mol. The topological polar surface area (TPSA) is 46.6 Å². The molecule has 0 unspecified atom stereocenters. The first-order valence-corrected chi connectivity index (χ1v) is 10.1. The number of imide groups is 1. The summed E-state index contributed by atoms with van der Waals surface area (Å²) in [4.78, 5) is 25.1. The van der Waals surface area contributed by atoms with Gasteiger partial charge in [0.2, 0.25) is 0 Å². The van der Waals surface area contributed by atoms with E-state index in [-0.39, 0.29) is 22.8 Å². The molecule has 0 radical (unpaired) electrons. The maximum absolute atomic E-state index is 11.9. The highest BCUT2D eigenvalue weighted by Crippen LogP contribution is 2.40. The minimum atomic E-state index is -1.75. The van der Waals surface area contributed by atoms with E-state index in [0.29, 0.717) is 19.4 Å². The van der Waals surface area contributed by atoms with Gasteiger partial charge in [0, 0.05) is 24.8 Å². The van der Waals surface area contributed by atoms with Gasteiger partial charge in [-0.2, -0.15) is 0 Å². The van der Waals surface area contributed by atoms with Gasteiger partial charge in [0.25, 0.3) is 11.8 Å². The fourth-order valence-corrected chi connectivity index (χ4v) is 3.57. The second-order valence-electron chi connectivity index (χ2n) is 7.47. The monoisotopic (exact) mass is 295 g/mol. The summed E-state index contributed by atoms with van der Waals surface area (Å²) in [5.41, 5.74) is 1.45. The molecule has 2 aliphatic rings. The third kappa shape index (κ3) is 2.49. The molecule has 0 atom stereocenters. The summed E-state index contributed by atoms with van der Waals surface area (Å²) in [6.07, 6.45) is 1.39. The molecule has 1 heterocycles. The van der Waals surface area contributed by atoms with E-state index in [0.717, 1.165) is 11.1 Å². The second-order valence-corrected chi connectivity index (χ2v) is 12.3. The van der Waals surface area contributed by atoms with Crippen LogP contribution in [0.3, 0.4) is 0 Å². The Bertz CT molecular complexity index is 460. The zero-order chi connectivity index (χ0) is 15.3. The molecular formula is C15H25NO3Si. The van der Waals surface area contributed by atoms with E-state index in [1.807, 2.05) is 0 Å². The van der Waals surface area contributed by atoms with Gasteiger partial charge in [-0.1, -0.05) is 20.8 Å². The van der Waals surface area contributed by atoms with E-state index in [1.54, 1.807) is 7.05 Å². The van der Waals surface area contributed by atoms with Crippen LogP contribution in [0.5, 0.6) is 0 Å². The Hall–Kier alpha value is -0.943. The minimum absolute atomic E-state index is 0.111. The molecule has 1 aliphatic heterocycles. The van der Waals surface area contributed by atoms with E-state index >= 15 is 0 Å². The Balaban J connectivity index is 1.95. The van der Waals surface area contributed by atoms with E-state index in [2.05, 4.69) is 33.9 Å². The third-order valence-electron chi connectivity index (χ3n) is 4.96. The molecule has 0 fully saturated rings. The van der Waals surface area contributed by atoms with Gasteiger partial charge < -0.3 is 4.43 Å². The summed E-state index contributed by atoms with van der Waals surface area (Å²) >= 11 is 0. The quantitative estimate of drug-likeness (QED) is 0.594. The number of likely N-dealkylation sites (tertiary alicyclic amines) is 1. The molecule has 0 saturated heterocycles. The lowest BCUT2D eigenvalue weighted by Gasteiger charge is -2.37. The fourth-order valence-electron chi connectivity index (χ4n) is 2.49. The standard InChI is InChI=1S/C15H25NO3Si/c1-15(2,3)20(5,6)19-9-10-7-11-12(8-10)14(18)16(4)13(11)17/h10H,7-9H2,1-6H3. The largest absolute Gasteiger partial charge is 0.417 e. The van der Waals surface area contributed by atoms with Gasteiger partial charge in [-0.05, 0) is 36.9 Å². The molecule has 0 aromatic heterocycles. The summed E-state index contributed by atoms with van der Waals surface area (Å²) < 4.78 is 6.22. The molecule has 4 nitrogen and oxygen atoms in total. The van der Waals surface area contributed by atoms with Crippen LogP contribution in [-0.4, -0.2) is 38.7 Å². The van der Waals surface area contributed by atoms with Crippen molar-refractivity contribution in [3.05, 3.63) is 11.1 Å². The average Bonchev–Trinajstić information content (AvgIpc) is 2.83. The highest BCUT2D eigenvalue weighted by molar-refractivity contribution is 6.74. The number of rotatable bonds is 3. The van der Waals surface area contributed by atoms with Gasteiger partial charge in [-0.15, -0.1) is 0 Å². The van der Waals surface area contributed by atoms with Crippen molar-refractivity contribution in [3.8, 4) is 0 Å². The minimum Gasteiger partial charge on any atom is -0.417 e. The van der Waals surface area contributed by atoms with Crippen molar-refractivity contribution in [3.63, 3.8) is 0 Å². The van der Waals surface area contributed by atoms with E-state index in [4.69, 9.17) is 4.43 Å². The summed E-state index contributed by atoms with van der Waals surface area (Å²) in [6.45, 7) is 11.8. The first kappa shape index (κ1) is 15.4. The lowest BCUT2D eigenvalue weighted by Crippen LogP contribution is -2.42. The lowest BCUT2D eigenvalue weighted by atomic mass is 10.1. The molecule has 20 heavy (non-hydrogen) atoms. The Kier molecular flexibility index (Phi) is 3.71. The fraction of sp³-hybridized carbons (Fsp3) is 0.733. The smallest absolute Gasteiger partial charge is 0.256 e. The van der Waals surface area contributed by atoms with E-state index < -0.39 is 8.32 Å². The van der Waals surface area contributed by atoms with Gasteiger partial charge in [-0.25, -0.2) is 0 Å². The molecule has 2 amide bonds. The number of amides is 2. The molecule has 0 spiro atoms. The molecule has 112 valence electrons. The Morgan fingerprint density at radius 2 is 1.60 bits per heavy atom. The molecule has 0 aromatic rings. The number of hydrogen-bond donors (Lipinski definition) is 0. The van der Waals surface area contributed by atoms with Gasteiger partial charge in [0.15, 0.2) is 8.32 Å². The van der Waals surface area contributed by atoms with Gasteiger partial charge in [-0.3, -0.25) is 14.5 Å². The first-order chi connectivity index (χ1) is 9.04. The van der Waals surface area contributed by atoms with Crippen LogP contribution in [0.15, 0.2) is 11.1 Å². The predicted molar refractivity (Wildman–Crippen MR) is 80.7 cm³/mol. The van der Waals surface area contributed by atoms with Crippen molar-refractivity contribution in [1.82, 2.24) is 4.90 Å². The third-order valence-corrected chi connectivity index (χ3v) is 9.46. The average molecular weight is 295 g/mol. The Labute approximate surface area is 122 Å². The summed E-state index contributed by atoms with van der Waals surface area (Å²) in [5.74, 6) is 0.0652. The Morgan fingerprint density at radius 1 is 1.15 bits per heavy atom. The van der Waals surface area contributed by atoms with Crippen molar-refractivity contribution in [1.29, 1.82) is 0 Å². The van der Waals surface area contributed by atoms with Gasteiger partial charge in [0.1, 0.15) is 0 Å². The van der Waals surface area contributed by atoms with Crippen LogP contribution in [0, 0.1) is 5.92 Å². The van der Waals surface area contributed by atoms with Crippen molar-refractivity contribution in [2.24, 2.45) is 5.92 Å². The molecule has 1 aliphatic carbocycles. The zero-order valence-electron chi connectivity index (χ0n) is 13.4. The molecule has 0 bridgehead atoms. The van der Waals surface area contributed by atoms with Crippen molar-refractivity contribution in [2.75, 3.05) is 13.7 Å². The van der Waals surface area contributed by atoms with Crippen LogP contribution in [-0.2, 0) is 14.0 Å². The Morgan fingerprint density at radius 3 is 2.00 bits per heavy atom. The van der Waals surface area contributed by atoms with Crippen LogP contribution < -0.4 is 0 Å². The molecule has 0 saturated carbocycles. The normalized spacial score (nSPS) is 21.2. The highest BCUT2D eigenvalue weighted by atomic mass is 28.4. The molecule has 0 N–H and O–H groups in total. The van der Waals surface area contributed by atoms with Gasteiger partial charge >= 0.3 is 0 Å².